The molecule has 3 rings (SSSR count). The lowest BCUT2D eigenvalue weighted by atomic mass is 10.3. The number of esters is 1. The molecule has 0 unspecified atom stereocenters. The normalized spacial score (nSPS) is 10.4. The zero-order valence-corrected chi connectivity index (χ0v) is 15.4. The Morgan fingerprint density at radius 1 is 1.21 bits per heavy atom. The first-order chi connectivity index (χ1) is 13.5. The van der Waals surface area contributed by atoms with Crippen LogP contribution in [-0.2, 0) is 9.53 Å². The molecule has 0 aliphatic rings. The van der Waals surface area contributed by atoms with Crippen LogP contribution in [0.15, 0.2) is 55.0 Å². The summed E-state index contributed by atoms with van der Waals surface area (Å²) in [6, 6.07) is 10.2. The van der Waals surface area contributed by atoms with E-state index in [0.717, 1.165) is 0 Å². The van der Waals surface area contributed by atoms with Gasteiger partial charge in [0.05, 0.1) is 25.3 Å². The van der Waals surface area contributed by atoms with Crippen LogP contribution in [0.4, 0.5) is 10.1 Å². The molecule has 1 N–H and O–H groups in total. The Morgan fingerprint density at radius 3 is 2.68 bits per heavy atom. The van der Waals surface area contributed by atoms with Crippen LogP contribution in [0.1, 0.15) is 10.5 Å². The fraction of sp³-hybridized carbons (Fsp3) is 0.105. The van der Waals surface area contributed by atoms with Gasteiger partial charge in [-0.1, -0.05) is 11.6 Å². The van der Waals surface area contributed by atoms with E-state index in [1.54, 1.807) is 12.1 Å². The van der Waals surface area contributed by atoms with Crippen molar-refractivity contribution in [1.82, 2.24) is 9.55 Å². The summed E-state index contributed by atoms with van der Waals surface area (Å²) < 4.78 is 24.7. The lowest BCUT2D eigenvalue weighted by molar-refractivity contribution is -0.119. The molecule has 0 atom stereocenters. The van der Waals surface area contributed by atoms with Gasteiger partial charge in [-0.05, 0) is 42.5 Å². The Bertz CT molecular complexity index is 1000. The summed E-state index contributed by atoms with van der Waals surface area (Å²) >= 11 is 5.91. The molecular formula is C19H15ClFN3O4. The topological polar surface area (TPSA) is 82.4 Å². The molecule has 0 bridgehead atoms. The Kier molecular flexibility index (Phi) is 5.90. The fourth-order valence-electron chi connectivity index (χ4n) is 2.42. The molecule has 1 heterocycles. The first kappa shape index (κ1) is 19.4. The molecule has 9 heteroatoms. The summed E-state index contributed by atoms with van der Waals surface area (Å²) in [5.41, 5.74) is 0.978. The van der Waals surface area contributed by atoms with Crippen LogP contribution in [0.25, 0.3) is 5.69 Å². The summed E-state index contributed by atoms with van der Waals surface area (Å²) in [5, 5.41) is 2.98. The predicted molar refractivity (Wildman–Crippen MR) is 100 cm³/mol. The Hall–Kier alpha value is -3.39. The van der Waals surface area contributed by atoms with E-state index in [2.05, 4.69) is 10.3 Å². The number of carbonyl (C=O) groups is 2. The van der Waals surface area contributed by atoms with Gasteiger partial charge >= 0.3 is 5.97 Å². The lowest BCUT2D eigenvalue weighted by Gasteiger charge is -2.11. The maximum Gasteiger partial charge on any atom is 0.357 e. The van der Waals surface area contributed by atoms with Crippen molar-refractivity contribution < 1.29 is 23.5 Å². The second-order valence-corrected chi connectivity index (χ2v) is 6.03. The number of hydrogen-bond donors (Lipinski definition) is 1. The van der Waals surface area contributed by atoms with Crippen molar-refractivity contribution in [2.45, 2.75) is 0 Å². The maximum atomic E-state index is 13.1. The van der Waals surface area contributed by atoms with E-state index in [9.17, 15) is 14.0 Å². The third-order valence-electron chi connectivity index (χ3n) is 3.72. The van der Waals surface area contributed by atoms with Crippen molar-refractivity contribution in [3.05, 3.63) is 71.5 Å². The molecule has 0 radical (unpaired) electrons. The lowest BCUT2D eigenvalue weighted by Crippen LogP contribution is -2.22. The zero-order chi connectivity index (χ0) is 20.1. The minimum atomic E-state index is -0.755. The molecule has 0 spiro atoms. The number of aromatic nitrogens is 2. The number of imidazole rings is 1. The smallest absolute Gasteiger partial charge is 0.357 e. The molecule has 0 aliphatic heterocycles. The average Bonchev–Trinajstić information content (AvgIpc) is 3.17. The summed E-state index contributed by atoms with van der Waals surface area (Å²) in [5.74, 6) is -1.31. The number of benzene rings is 2. The highest BCUT2D eigenvalue weighted by molar-refractivity contribution is 6.31. The number of methoxy groups -OCH3 is 1. The molecular weight excluding hydrogens is 389 g/mol. The monoisotopic (exact) mass is 403 g/mol. The molecule has 2 aromatic carbocycles. The molecule has 144 valence electrons. The van der Waals surface area contributed by atoms with Gasteiger partial charge in [-0.3, -0.25) is 9.36 Å². The molecule has 28 heavy (non-hydrogen) atoms. The zero-order valence-electron chi connectivity index (χ0n) is 14.7. The van der Waals surface area contributed by atoms with Gasteiger partial charge in [0.25, 0.3) is 5.91 Å². The first-order valence-electron chi connectivity index (χ1n) is 8.06. The second kappa shape index (κ2) is 8.53. The van der Waals surface area contributed by atoms with Gasteiger partial charge in [-0.25, -0.2) is 14.2 Å². The molecule has 0 saturated heterocycles. The van der Waals surface area contributed by atoms with E-state index in [-0.39, 0.29) is 5.69 Å². The summed E-state index contributed by atoms with van der Waals surface area (Å²) in [7, 11) is 1.45. The van der Waals surface area contributed by atoms with Crippen LogP contribution in [0.5, 0.6) is 5.75 Å². The number of ether oxygens (including phenoxy) is 2. The summed E-state index contributed by atoms with van der Waals surface area (Å²) in [4.78, 5) is 28.3. The van der Waals surface area contributed by atoms with Crippen molar-refractivity contribution in [2.75, 3.05) is 19.0 Å². The highest BCUT2D eigenvalue weighted by Gasteiger charge is 2.17. The number of hydrogen-bond acceptors (Lipinski definition) is 5. The van der Waals surface area contributed by atoms with Gasteiger partial charge in [0.1, 0.15) is 11.6 Å². The van der Waals surface area contributed by atoms with Crippen molar-refractivity contribution in [1.29, 1.82) is 0 Å². The van der Waals surface area contributed by atoms with E-state index >= 15 is 0 Å². The molecule has 0 aliphatic carbocycles. The Morgan fingerprint density at radius 2 is 1.96 bits per heavy atom. The number of anilines is 1. The molecule has 7 nitrogen and oxygen atoms in total. The first-order valence-corrected chi connectivity index (χ1v) is 8.44. The number of amides is 1. The average molecular weight is 404 g/mol. The van der Waals surface area contributed by atoms with Crippen LogP contribution >= 0.6 is 11.6 Å². The minimum absolute atomic E-state index is 0.0970. The van der Waals surface area contributed by atoms with E-state index < -0.39 is 24.3 Å². The Balaban J connectivity index is 1.65. The van der Waals surface area contributed by atoms with Gasteiger partial charge < -0.3 is 14.8 Å². The molecule has 3 aromatic rings. The van der Waals surface area contributed by atoms with E-state index in [1.165, 1.54) is 54.5 Å². The van der Waals surface area contributed by atoms with Crippen molar-refractivity contribution in [3.63, 3.8) is 0 Å². The van der Waals surface area contributed by atoms with Crippen molar-refractivity contribution in [2.24, 2.45) is 0 Å². The third-order valence-corrected chi connectivity index (χ3v) is 3.96. The van der Waals surface area contributed by atoms with Crippen LogP contribution in [0.2, 0.25) is 5.02 Å². The van der Waals surface area contributed by atoms with Gasteiger partial charge in [0.2, 0.25) is 0 Å². The van der Waals surface area contributed by atoms with Crippen molar-refractivity contribution in [3.8, 4) is 11.4 Å². The molecule has 0 saturated carbocycles. The summed E-state index contributed by atoms with van der Waals surface area (Å²) in [6.45, 7) is -0.525. The highest BCUT2D eigenvalue weighted by atomic mass is 35.5. The van der Waals surface area contributed by atoms with Crippen LogP contribution in [0.3, 0.4) is 0 Å². The van der Waals surface area contributed by atoms with E-state index in [4.69, 9.17) is 21.1 Å². The van der Waals surface area contributed by atoms with Crippen LogP contribution in [-0.4, -0.2) is 35.1 Å². The van der Waals surface area contributed by atoms with Gasteiger partial charge in [0, 0.05) is 10.7 Å². The van der Waals surface area contributed by atoms with Gasteiger partial charge in [-0.2, -0.15) is 0 Å². The number of halogens is 2. The number of nitrogens with zero attached hydrogens (tertiary/aromatic N) is 2. The van der Waals surface area contributed by atoms with Crippen LogP contribution < -0.4 is 10.1 Å². The fourth-order valence-corrected chi connectivity index (χ4v) is 2.59. The predicted octanol–water partition coefficient (Wildman–Crippen LogP) is 3.47. The summed E-state index contributed by atoms with van der Waals surface area (Å²) in [6.07, 6.45) is 2.68. The number of carbonyl (C=O) groups excluding carboxylic acids is 2. The SMILES string of the molecule is COc1ccc(Cl)cc1NC(=O)COC(=O)c1cncn1-c1ccc(F)cc1. The number of nitrogens with one attached hydrogen (secondary N) is 1. The molecule has 0 fully saturated rings. The standard InChI is InChI=1S/C19H15ClFN3O4/c1-27-17-7-2-12(20)8-15(17)23-18(25)10-28-19(26)16-9-22-11-24(16)14-5-3-13(21)4-6-14/h2-9,11H,10H2,1H3,(H,23,25). The number of rotatable bonds is 6. The third kappa shape index (κ3) is 4.47. The maximum absolute atomic E-state index is 13.1. The molecule has 1 amide bonds. The van der Waals surface area contributed by atoms with E-state index in [0.29, 0.717) is 22.1 Å². The quantitative estimate of drug-likeness (QED) is 0.637. The minimum Gasteiger partial charge on any atom is -0.495 e. The molecule has 1 aromatic heterocycles. The second-order valence-electron chi connectivity index (χ2n) is 5.59. The van der Waals surface area contributed by atoms with Gasteiger partial charge in [-0.15, -0.1) is 0 Å². The van der Waals surface area contributed by atoms with E-state index in [1.807, 2.05) is 0 Å². The Labute approximate surface area is 164 Å². The van der Waals surface area contributed by atoms with Gasteiger partial charge in [0.15, 0.2) is 12.3 Å². The highest BCUT2D eigenvalue weighted by Crippen LogP contribution is 2.27. The van der Waals surface area contributed by atoms with Crippen molar-refractivity contribution >= 4 is 29.2 Å². The van der Waals surface area contributed by atoms with Crippen LogP contribution in [0, 0.1) is 5.82 Å². The largest absolute Gasteiger partial charge is 0.495 e.